The SMILES string of the molecule is CCCNC(c1c(F)ccc(Br)c1F)C(CCC)OCC. The molecule has 0 saturated heterocycles. The van der Waals surface area contributed by atoms with Crippen molar-refractivity contribution >= 4 is 15.9 Å². The molecule has 0 spiro atoms. The summed E-state index contributed by atoms with van der Waals surface area (Å²) >= 11 is 3.13. The maximum atomic E-state index is 14.4. The van der Waals surface area contributed by atoms with E-state index in [0.717, 1.165) is 19.3 Å². The zero-order valence-corrected chi connectivity index (χ0v) is 14.5. The highest BCUT2D eigenvalue weighted by atomic mass is 79.9. The lowest BCUT2D eigenvalue weighted by Crippen LogP contribution is -2.36. The van der Waals surface area contributed by atoms with Gasteiger partial charge in [0.2, 0.25) is 0 Å². The molecule has 1 aromatic rings. The standard InChI is InChI=1S/C16H24BrF2NO/c1-4-7-13(21-6-3)16(20-10-5-2)14-12(18)9-8-11(17)15(14)19/h8-9,13,16,20H,4-7,10H2,1-3H3. The lowest BCUT2D eigenvalue weighted by Gasteiger charge is -2.29. The Hall–Kier alpha value is -0.520. The van der Waals surface area contributed by atoms with Crippen LogP contribution in [0.5, 0.6) is 0 Å². The molecule has 1 N–H and O–H groups in total. The first-order chi connectivity index (χ1) is 10.1. The van der Waals surface area contributed by atoms with Crippen molar-refractivity contribution in [1.29, 1.82) is 0 Å². The summed E-state index contributed by atoms with van der Waals surface area (Å²) in [4.78, 5) is 0. The molecule has 0 fully saturated rings. The third kappa shape index (κ3) is 5.01. The van der Waals surface area contributed by atoms with Crippen molar-refractivity contribution in [1.82, 2.24) is 5.32 Å². The second-order valence-corrected chi connectivity index (χ2v) is 5.83. The fraction of sp³-hybridized carbons (Fsp3) is 0.625. The van der Waals surface area contributed by atoms with E-state index in [2.05, 4.69) is 21.2 Å². The topological polar surface area (TPSA) is 21.3 Å². The van der Waals surface area contributed by atoms with E-state index in [9.17, 15) is 8.78 Å². The molecule has 5 heteroatoms. The molecule has 0 bridgehead atoms. The average molecular weight is 364 g/mol. The lowest BCUT2D eigenvalue weighted by atomic mass is 9.96. The Balaban J connectivity index is 3.19. The van der Waals surface area contributed by atoms with Gasteiger partial charge in [-0.2, -0.15) is 0 Å². The van der Waals surface area contributed by atoms with Crippen LogP contribution in [0.1, 0.15) is 51.6 Å². The molecule has 2 unspecified atom stereocenters. The van der Waals surface area contributed by atoms with Crippen LogP contribution in [0.3, 0.4) is 0 Å². The highest BCUT2D eigenvalue weighted by Gasteiger charge is 2.29. The molecule has 0 aliphatic heterocycles. The van der Waals surface area contributed by atoms with E-state index >= 15 is 0 Å². The van der Waals surface area contributed by atoms with Crippen molar-refractivity contribution in [3.05, 3.63) is 33.8 Å². The van der Waals surface area contributed by atoms with Crippen LogP contribution >= 0.6 is 15.9 Å². The predicted molar refractivity (Wildman–Crippen MR) is 85.4 cm³/mol. The van der Waals surface area contributed by atoms with Crippen molar-refractivity contribution in [3.63, 3.8) is 0 Å². The minimum Gasteiger partial charge on any atom is -0.377 e. The quantitative estimate of drug-likeness (QED) is 0.625. The van der Waals surface area contributed by atoms with Gasteiger partial charge in [-0.05, 0) is 54.4 Å². The van der Waals surface area contributed by atoms with Crippen LogP contribution in [0.15, 0.2) is 16.6 Å². The number of hydrogen-bond acceptors (Lipinski definition) is 2. The molecule has 0 saturated carbocycles. The zero-order valence-electron chi connectivity index (χ0n) is 12.9. The third-order valence-corrected chi connectivity index (χ3v) is 3.94. The van der Waals surface area contributed by atoms with Crippen LogP contribution in [-0.2, 0) is 4.74 Å². The Bertz CT molecular complexity index is 437. The summed E-state index contributed by atoms with van der Waals surface area (Å²) in [6.07, 6.45) is 2.29. The first-order valence-corrected chi connectivity index (χ1v) is 8.34. The van der Waals surface area contributed by atoms with E-state index in [-0.39, 0.29) is 16.1 Å². The van der Waals surface area contributed by atoms with E-state index in [4.69, 9.17) is 4.74 Å². The Morgan fingerprint density at radius 2 is 1.90 bits per heavy atom. The minimum atomic E-state index is -0.551. The summed E-state index contributed by atoms with van der Waals surface area (Å²) in [5, 5.41) is 3.24. The molecule has 0 radical (unpaired) electrons. The van der Waals surface area contributed by atoms with Gasteiger partial charge >= 0.3 is 0 Å². The molecule has 120 valence electrons. The van der Waals surface area contributed by atoms with Crippen molar-refractivity contribution < 1.29 is 13.5 Å². The van der Waals surface area contributed by atoms with Crippen LogP contribution < -0.4 is 5.32 Å². The monoisotopic (exact) mass is 363 g/mol. The Labute approximate surface area is 134 Å². The highest BCUT2D eigenvalue weighted by Crippen LogP contribution is 2.31. The average Bonchev–Trinajstić information content (AvgIpc) is 2.46. The van der Waals surface area contributed by atoms with E-state index in [0.29, 0.717) is 13.2 Å². The maximum absolute atomic E-state index is 14.4. The van der Waals surface area contributed by atoms with Gasteiger partial charge in [0.15, 0.2) is 0 Å². The van der Waals surface area contributed by atoms with Gasteiger partial charge in [-0.3, -0.25) is 0 Å². The highest BCUT2D eigenvalue weighted by molar-refractivity contribution is 9.10. The molecule has 1 aromatic carbocycles. The van der Waals surface area contributed by atoms with Crippen LogP contribution in [0.2, 0.25) is 0 Å². The summed E-state index contributed by atoms with van der Waals surface area (Å²) < 4.78 is 34.6. The van der Waals surface area contributed by atoms with E-state index in [1.54, 1.807) is 0 Å². The number of halogens is 3. The number of hydrogen-bond donors (Lipinski definition) is 1. The van der Waals surface area contributed by atoms with Gasteiger partial charge < -0.3 is 10.1 Å². The Morgan fingerprint density at radius 1 is 1.19 bits per heavy atom. The molecular weight excluding hydrogens is 340 g/mol. The zero-order chi connectivity index (χ0) is 15.8. The molecule has 1 rings (SSSR count). The maximum Gasteiger partial charge on any atom is 0.145 e. The lowest BCUT2D eigenvalue weighted by molar-refractivity contribution is 0.0257. The fourth-order valence-corrected chi connectivity index (χ4v) is 2.74. The van der Waals surface area contributed by atoms with E-state index in [1.807, 2.05) is 20.8 Å². The molecule has 2 nitrogen and oxygen atoms in total. The van der Waals surface area contributed by atoms with Crippen LogP contribution in [0.25, 0.3) is 0 Å². The minimum absolute atomic E-state index is 0.0599. The van der Waals surface area contributed by atoms with Crippen molar-refractivity contribution in [2.45, 2.75) is 52.2 Å². The molecule has 2 atom stereocenters. The van der Waals surface area contributed by atoms with Crippen molar-refractivity contribution in [2.24, 2.45) is 0 Å². The van der Waals surface area contributed by atoms with Crippen LogP contribution in [0.4, 0.5) is 8.78 Å². The summed E-state index contributed by atoms with van der Waals surface area (Å²) in [6, 6.07) is 2.20. The fourth-order valence-electron chi connectivity index (χ4n) is 2.39. The first kappa shape index (κ1) is 18.5. The van der Waals surface area contributed by atoms with Crippen LogP contribution in [0, 0.1) is 11.6 Å². The van der Waals surface area contributed by atoms with Crippen molar-refractivity contribution in [2.75, 3.05) is 13.2 Å². The van der Waals surface area contributed by atoms with Gasteiger partial charge in [0.25, 0.3) is 0 Å². The van der Waals surface area contributed by atoms with E-state index < -0.39 is 17.7 Å². The molecular formula is C16H24BrF2NO. The Kier molecular flexibility index (Phi) is 8.37. The number of benzene rings is 1. The molecule has 0 amide bonds. The van der Waals surface area contributed by atoms with Gasteiger partial charge in [0.1, 0.15) is 11.6 Å². The molecule has 0 aromatic heterocycles. The van der Waals surface area contributed by atoms with E-state index in [1.165, 1.54) is 12.1 Å². The molecule has 0 aliphatic rings. The van der Waals surface area contributed by atoms with Crippen LogP contribution in [-0.4, -0.2) is 19.3 Å². The number of nitrogens with one attached hydrogen (secondary N) is 1. The molecule has 21 heavy (non-hydrogen) atoms. The third-order valence-electron chi connectivity index (χ3n) is 3.33. The second-order valence-electron chi connectivity index (χ2n) is 4.97. The summed E-state index contributed by atoms with van der Waals surface area (Å²) in [5.41, 5.74) is 0.0599. The number of ether oxygens (including phenoxy) is 1. The smallest absolute Gasteiger partial charge is 0.145 e. The van der Waals surface area contributed by atoms with Gasteiger partial charge in [0.05, 0.1) is 16.6 Å². The molecule has 0 aliphatic carbocycles. The van der Waals surface area contributed by atoms with Gasteiger partial charge in [-0.25, -0.2) is 8.78 Å². The Morgan fingerprint density at radius 3 is 2.48 bits per heavy atom. The summed E-state index contributed by atoms with van der Waals surface area (Å²) in [7, 11) is 0. The largest absolute Gasteiger partial charge is 0.377 e. The second kappa shape index (κ2) is 9.49. The summed E-state index contributed by atoms with van der Waals surface area (Å²) in [6.45, 7) is 7.16. The van der Waals surface area contributed by atoms with Gasteiger partial charge in [-0.15, -0.1) is 0 Å². The number of rotatable bonds is 9. The molecule has 0 heterocycles. The first-order valence-electron chi connectivity index (χ1n) is 7.55. The van der Waals surface area contributed by atoms with Crippen molar-refractivity contribution in [3.8, 4) is 0 Å². The summed E-state index contributed by atoms with van der Waals surface area (Å²) in [5.74, 6) is -1.09. The predicted octanol–water partition coefficient (Wildman–Crippen LogP) is 4.97. The van der Waals surface area contributed by atoms with Gasteiger partial charge in [-0.1, -0.05) is 20.3 Å². The van der Waals surface area contributed by atoms with Gasteiger partial charge in [0, 0.05) is 12.2 Å². The normalized spacial score (nSPS) is 14.2.